The molecule has 0 spiro atoms. The van der Waals surface area contributed by atoms with Crippen LogP contribution in [-0.2, 0) is 4.79 Å². The van der Waals surface area contributed by atoms with Crippen molar-refractivity contribution in [2.45, 2.75) is 26.8 Å². The smallest absolute Gasteiger partial charge is 0.225 e. The first-order chi connectivity index (χ1) is 7.88. The summed E-state index contributed by atoms with van der Waals surface area (Å²) in [5.74, 6) is 0.262. The minimum absolute atomic E-state index is 0.0665. The Bertz CT molecular complexity index is 451. The molecule has 0 saturated carbocycles. The summed E-state index contributed by atoms with van der Waals surface area (Å²) in [6.45, 7) is 5.88. The molecule has 1 aromatic carbocycles. The molecule has 3 nitrogen and oxygen atoms in total. The van der Waals surface area contributed by atoms with Crippen molar-refractivity contribution in [1.82, 2.24) is 5.32 Å². The van der Waals surface area contributed by atoms with Gasteiger partial charge in [0.1, 0.15) is 18.2 Å². The van der Waals surface area contributed by atoms with Crippen molar-refractivity contribution in [2.24, 2.45) is 5.41 Å². The molecule has 1 unspecified atom stereocenters. The van der Waals surface area contributed by atoms with Crippen molar-refractivity contribution >= 4 is 5.91 Å². The van der Waals surface area contributed by atoms with Crippen LogP contribution in [0.15, 0.2) is 18.2 Å². The maximum Gasteiger partial charge on any atom is 0.225 e. The van der Waals surface area contributed by atoms with Crippen molar-refractivity contribution < 1.29 is 13.9 Å². The molecule has 1 aliphatic rings. The lowest BCUT2D eigenvalue weighted by molar-refractivity contribution is -0.129. The number of nitrogens with one attached hydrogen (secondary N) is 1. The summed E-state index contributed by atoms with van der Waals surface area (Å²) in [7, 11) is 0. The Labute approximate surface area is 100.0 Å². The molecule has 0 aromatic heterocycles. The highest BCUT2D eigenvalue weighted by atomic mass is 19.1. The van der Waals surface area contributed by atoms with Gasteiger partial charge in [0.2, 0.25) is 5.91 Å². The zero-order valence-corrected chi connectivity index (χ0v) is 10.2. The van der Waals surface area contributed by atoms with Gasteiger partial charge in [0.25, 0.3) is 0 Å². The largest absolute Gasteiger partial charge is 0.491 e. The standard InChI is InChI=1S/C13H16FNO2/c1-13(2,3)12(16)15-10-7-17-11-5-4-8(14)6-9(10)11/h4-6,10H,7H2,1-3H3,(H,15,16). The first kappa shape index (κ1) is 11.9. The van der Waals surface area contributed by atoms with Gasteiger partial charge in [-0.2, -0.15) is 0 Å². The summed E-state index contributed by atoms with van der Waals surface area (Å²) < 4.78 is 18.5. The van der Waals surface area contributed by atoms with Crippen molar-refractivity contribution in [1.29, 1.82) is 0 Å². The van der Waals surface area contributed by atoms with Crippen LogP contribution in [0.4, 0.5) is 4.39 Å². The van der Waals surface area contributed by atoms with Crippen molar-refractivity contribution in [3.05, 3.63) is 29.6 Å². The zero-order valence-electron chi connectivity index (χ0n) is 10.2. The fourth-order valence-electron chi connectivity index (χ4n) is 1.68. The van der Waals surface area contributed by atoms with Crippen LogP contribution in [0.25, 0.3) is 0 Å². The third kappa shape index (κ3) is 2.40. The van der Waals surface area contributed by atoms with Crippen LogP contribution in [0.5, 0.6) is 5.75 Å². The zero-order chi connectivity index (χ0) is 12.6. The van der Waals surface area contributed by atoms with E-state index in [9.17, 15) is 9.18 Å². The van der Waals surface area contributed by atoms with Crippen LogP contribution in [0.2, 0.25) is 0 Å². The summed E-state index contributed by atoms with van der Waals surface area (Å²) in [6, 6.07) is 4.10. The maximum absolute atomic E-state index is 13.1. The van der Waals surface area contributed by atoms with E-state index in [4.69, 9.17) is 4.74 Å². The first-order valence-electron chi connectivity index (χ1n) is 5.61. The number of fused-ring (bicyclic) bond motifs is 1. The topological polar surface area (TPSA) is 38.3 Å². The summed E-state index contributed by atoms with van der Waals surface area (Å²) >= 11 is 0. The third-order valence-corrected chi connectivity index (χ3v) is 2.74. The highest BCUT2D eigenvalue weighted by Crippen LogP contribution is 2.33. The van der Waals surface area contributed by atoms with Gasteiger partial charge in [-0.25, -0.2) is 4.39 Å². The number of carbonyl (C=O) groups excluding carboxylic acids is 1. The quantitative estimate of drug-likeness (QED) is 0.814. The molecule has 1 amide bonds. The second kappa shape index (κ2) is 4.02. The van der Waals surface area contributed by atoms with Crippen LogP contribution in [0.1, 0.15) is 32.4 Å². The Morgan fingerprint density at radius 2 is 2.18 bits per heavy atom. The maximum atomic E-state index is 13.1. The van der Waals surface area contributed by atoms with Gasteiger partial charge in [-0.3, -0.25) is 4.79 Å². The van der Waals surface area contributed by atoms with Crippen molar-refractivity contribution in [2.75, 3.05) is 6.61 Å². The highest BCUT2D eigenvalue weighted by molar-refractivity contribution is 5.82. The lowest BCUT2D eigenvalue weighted by atomic mass is 9.94. The number of benzene rings is 1. The Morgan fingerprint density at radius 1 is 1.47 bits per heavy atom. The third-order valence-electron chi connectivity index (χ3n) is 2.74. The van der Waals surface area contributed by atoms with Gasteiger partial charge < -0.3 is 10.1 Å². The lowest BCUT2D eigenvalue weighted by Gasteiger charge is -2.20. The van der Waals surface area contributed by atoms with Gasteiger partial charge in [-0.15, -0.1) is 0 Å². The van der Waals surface area contributed by atoms with Gasteiger partial charge in [-0.05, 0) is 18.2 Å². The molecule has 1 aromatic rings. The van der Waals surface area contributed by atoms with E-state index >= 15 is 0 Å². The van der Waals surface area contributed by atoms with Gasteiger partial charge in [-0.1, -0.05) is 20.8 Å². The van der Waals surface area contributed by atoms with E-state index in [1.54, 1.807) is 6.07 Å². The average Bonchev–Trinajstić information content (AvgIpc) is 2.60. The van der Waals surface area contributed by atoms with E-state index in [1.807, 2.05) is 20.8 Å². The van der Waals surface area contributed by atoms with E-state index in [0.29, 0.717) is 17.9 Å². The summed E-state index contributed by atoms with van der Waals surface area (Å²) in [5, 5.41) is 2.87. The predicted octanol–water partition coefficient (Wildman–Crippen LogP) is 2.42. The average molecular weight is 237 g/mol. The molecule has 0 bridgehead atoms. The Kier molecular flexibility index (Phi) is 2.81. The monoisotopic (exact) mass is 237 g/mol. The molecule has 1 atom stereocenters. The molecule has 17 heavy (non-hydrogen) atoms. The fraction of sp³-hybridized carbons (Fsp3) is 0.462. The SMILES string of the molecule is CC(C)(C)C(=O)NC1COc2ccc(F)cc21. The predicted molar refractivity (Wildman–Crippen MR) is 62.2 cm³/mol. The number of hydrogen-bond donors (Lipinski definition) is 1. The van der Waals surface area contributed by atoms with Gasteiger partial charge in [0.05, 0.1) is 6.04 Å². The minimum atomic E-state index is -0.462. The molecule has 0 radical (unpaired) electrons. The molecule has 4 heteroatoms. The number of rotatable bonds is 1. The van der Waals surface area contributed by atoms with Crippen LogP contribution < -0.4 is 10.1 Å². The summed E-state index contributed by atoms with van der Waals surface area (Å²) in [5.41, 5.74) is 0.249. The summed E-state index contributed by atoms with van der Waals surface area (Å²) in [4.78, 5) is 11.9. The molecule has 0 aliphatic carbocycles. The number of carbonyl (C=O) groups is 1. The normalized spacial score (nSPS) is 18.5. The molecule has 1 heterocycles. The van der Waals surface area contributed by atoms with E-state index < -0.39 is 5.41 Å². The highest BCUT2D eigenvalue weighted by Gasteiger charge is 2.30. The molecule has 0 fully saturated rings. The number of halogens is 1. The molecular formula is C13H16FNO2. The van der Waals surface area contributed by atoms with Crippen LogP contribution in [0.3, 0.4) is 0 Å². The molecule has 92 valence electrons. The Hall–Kier alpha value is -1.58. The minimum Gasteiger partial charge on any atom is -0.491 e. The Morgan fingerprint density at radius 3 is 2.82 bits per heavy atom. The molecule has 1 aliphatic heterocycles. The lowest BCUT2D eigenvalue weighted by Crippen LogP contribution is -2.38. The number of amides is 1. The van der Waals surface area contributed by atoms with Gasteiger partial charge in [0.15, 0.2) is 0 Å². The second-order valence-electron chi connectivity index (χ2n) is 5.27. The van der Waals surface area contributed by atoms with E-state index in [2.05, 4.69) is 5.32 Å². The van der Waals surface area contributed by atoms with Gasteiger partial charge >= 0.3 is 0 Å². The van der Waals surface area contributed by atoms with E-state index in [-0.39, 0.29) is 17.8 Å². The summed E-state index contributed by atoms with van der Waals surface area (Å²) in [6.07, 6.45) is 0. The van der Waals surface area contributed by atoms with E-state index in [1.165, 1.54) is 12.1 Å². The van der Waals surface area contributed by atoms with Crippen LogP contribution in [0, 0.1) is 11.2 Å². The van der Waals surface area contributed by atoms with Crippen molar-refractivity contribution in [3.8, 4) is 5.75 Å². The van der Waals surface area contributed by atoms with Crippen LogP contribution >= 0.6 is 0 Å². The van der Waals surface area contributed by atoms with Gasteiger partial charge in [0, 0.05) is 11.0 Å². The van der Waals surface area contributed by atoms with E-state index in [0.717, 1.165) is 0 Å². The number of hydrogen-bond acceptors (Lipinski definition) is 2. The Balaban J connectivity index is 2.17. The molecule has 0 saturated heterocycles. The molecule has 2 rings (SSSR count). The second-order valence-corrected chi connectivity index (χ2v) is 5.27. The number of ether oxygens (including phenoxy) is 1. The fourth-order valence-corrected chi connectivity index (χ4v) is 1.68. The first-order valence-corrected chi connectivity index (χ1v) is 5.61. The molecular weight excluding hydrogens is 221 g/mol. The van der Waals surface area contributed by atoms with Crippen LogP contribution in [-0.4, -0.2) is 12.5 Å². The van der Waals surface area contributed by atoms with Crippen molar-refractivity contribution in [3.63, 3.8) is 0 Å². The molecule has 1 N–H and O–H groups in total.